The Morgan fingerprint density at radius 3 is 2.84 bits per heavy atom. The van der Waals surface area contributed by atoms with Gasteiger partial charge in [-0.25, -0.2) is 9.97 Å². The molecule has 2 N–H and O–H groups in total. The Balaban J connectivity index is 2.05. The largest absolute Gasteiger partial charge is 0.472 e. The number of hydrogen-bond donors (Lipinski definition) is 2. The van der Waals surface area contributed by atoms with E-state index in [2.05, 4.69) is 20.6 Å². The maximum absolute atomic E-state index is 5.33. The summed E-state index contributed by atoms with van der Waals surface area (Å²) in [6.07, 6.45) is 3.35. The van der Waals surface area contributed by atoms with Crippen LogP contribution in [0.4, 0.5) is 11.6 Å². The third kappa shape index (κ3) is 3.96. The predicted octanol–water partition coefficient (Wildman–Crippen LogP) is 2.26. The van der Waals surface area contributed by atoms with E-state index in [0.717, 1.165) is 17.2 Å². The van der Waals surface area contributed by atoms with Crippen LogP contribution in [0.25, 0.3) is 0 Å². The first-order valence-corrected chi connectivity index (χ1v) is 6.20. The molecule has 0 aliphatic heterocycles. The summed E-state index contributed by atoms with van der Waals surface area (Å²) in [5.74, 6) is 2.18. The van der Waals surface area contributed by atoms with Crippen molar-refractivity contribution in [1.82, 2.24) is 9.97 Å². The van der Waals surface area contributed by atoms with Crippen molar-refractivity contribution in [3.8, 4) is 0 Å². The lowest BCUT2D eigenvalue weighted by Gasteiger charge is -2.09. The number of anilines is 2. The van der Waals surface area contributed by atoms with Crippen molar-refractivity contribution in [1.29, 1.82) is 0 Å². The molecule has 6 heteroatoms. The maximum atomic E-state index is 5.33. The molecule has 2 rings (SSSR count). The minimum absolute atomic E-state index is 0.409. The average molecular weight is 262 g/mol. The second-order valence-corrected chi connectivity index (χ2v) is 3.93. The number of nitrogens with one attached hydrogen (secondary N) is 2. The van der Waals surface area contributed by atoms with E-state index in [1.165, 1.54) is 0 Å². The summed E-state index contributed by atoms with van der Waals surface area (Å²) in [6, 6.07) is 3.77. The lowest BCUT2D eigenvalue weighted by Crippen LogP contribution is -2.07. The first-order chi connectivity index (χ1) is 9.31. The molecule has 0 bridgehead atoms. The van der Waals surface area contributed by atoms with Gasteiger partial charge in [-0.15, -0.1) is 0 Å². The van der Waals surface area contributed by atoms with Crippen molar-refractivity contribution in [2.24, 2.45) is 0 Å². The van der Waals surface area contributed by atoms with Gasteiger partial charge in [-0.05, 0) is 13.0 Å². The van der Waals surface area contributed by atoms with Crippen LogP contribution in [0.5, 0.6) is 0 Å². The molecule has 0 amide bonds. The minimum Gasteiger partial charge on any atom is -0.472 e. The molecular formula is C13H18N4O2. The lowest BCUT2D eigenvalue weighted by atomic mass is 10.3. The average Bonchev–Trinajstić information content (AvgIpc) is 2.96. The quantitative estimate of drug-likeness (QED) is 0.797. The van der Waals surface area contributed by atoms with Gasteiger partial charge in [0.2, 0.25) is 0 Å². The van der Waals surface area contributed by atoms with Crippen LogP contribution in [0.1, 0.15) is 18.3 Å². The molecule has 2 aromatic heterocycles. The molecule has 0 aliphatic carbocycles. The Labute approximate surface area is 112 Å². The Hall–Kier alpha value is -2.08. The molecule has 2 heterocycles. The van der Waals surface area contributed by atoms with Crippen molar-refractivity contribution in [2.45, 2.75) is 20.1 Å². The zero-order valence-electron chi connectivity index (χ0n) is 11.1. The standard InChI is InChI=1S/C13H18N4O2/c1-3-18-9-13-16-11(14-2)6-12(17-13)15-7-10-4-5-19-8-10/h4-6,8H,3,7,9H2,1-2H3,(H2,14,15,16,17). The summed E-state index contributed by atoms with van der Waals surface area (Å²) in [4.78, 5) is 8.73. The monoisotopic (exact) mass is 262 g/mol. The van der Waals surface area contributed by atoms with Crippen LogP contribution in [-0.4, -0.2) is 23.6 Å². The summed E-state index contributed by atoms with van der Waals surface area (Å²) in [5.41, 5.74) is 1.07. The highest BCUT2D eigenvalue weighted by molar-refractivity contribution is 5.47. The highest BCUT2D eigenvalue weighted by atomic mass is 16.5. The first-order valence-electron chi connectivity index (χ1n) is 6.20. The van der Waals surface area contributed by atoms with Crippen LogP contribution >= 0.6 is 0 Å². The van der Waals surface area contributed by atoms with Gasteiger partial charge in [0.05, 0.1) is 12.5 Å². The number of rotatable bonds is 7. The predicted molar refractivity (Wildman–Crippen MR) is 72.9 cm³/mol. The molecule has 0 saturated heterocycles. The minimum atomic E-state index is 0.409. The van der Waals surface area contributed by atoms with Gasteiger partial charge in [-0.2, -0.15) is 0 Å². The summed E-state index contributed by atoms with van der Waals surface area (Å²) < 4.78 is 10.3. The fourth-order valence-corrected chi connectivity index (χ4v) is 1.56. The molecule has 0 aliphatic rings. The molecule has 6 nitrogen and oxygen atoms in total. The van der Waals surface area contributed by atoms with Crippen molar-refractivity contribution in [3.63, 3.8) is 0 Å². The van der Waals surface area contributed by atoms with Crippen LogP contribution in [0.15, 0.2) is 29.1 Å². The molecule has 0 fully saturated rings. The van der Waals surface area contributed by atoms with E-state index in [1.807, 2.05) is 26.1 Å². The normalized spacial score (nSPS) is 10.4. The number of nitrogens with zero attached hydrogens (tertiary/aromatic N) is 2. The van der Waals surface area contributed by atoms with Gasteiger partial charge in [0.25, 0.3) is 0 Å². The SMILES string of the molecule is CCOCc1nc(NC)cc(NCc2ccoc2)n1. The summed E-state index contributed by atoms with van der Waals surface area (Å²) in [6.45, 7) is 3.65. The van der Waals surface area contributed by atoms with E-state index in [4.69, 9.17) is 9.15 Å². The van der Waals surface area contributed by atoms with E-state index in [9.17, 15) is 0 Å². The van der Waals surface area contributed by atoms with E-state index in [1.54, 1.807) is 12.5 Å². The van der Waals surface area contributed by atoms with Crippen LogP contribution in [0.2, 0.25) is 0 Å². The second kappa shape index (κ2) is 6.75. The fraction of sp³-hybridized carbons (Fsp3) is 0.385. The van der Waals surface area contributed by atoms with E-state index in [0.29, 0.717) is 25.6 Å². The molecule has 0 spiro atoms. The molecule has 102 valence electrons. The molecule has 0 unspecified atom stereocenters. The molecule has 0 aromatic carbocycles. The highest BCUT2D eigenvalue weighted by Crippen LogP contribution is 2.13. The maximum Gasteiger partial charge on any atom is 0.158 e. The third-order valence-corrected chi connectivity index (χ3v) is 2.52. The van der Waals surface area contributed by atoms with E-state index in [-0.39, 0.29) is 0 Å². The molecule has 0 radical (unpaired) electrons. The third-order valence-electron chi connectivity index (χ3n) is 2.52. The van der Waals surface area contributed by atoms with E-state index < -0.39 is 0 Å². The van der Waals surface area contributed by atoms with Crippen LogP contribution in [0.3, 0.4) is 0 Å². The summed E-state index contributed by atoms with van der Waals surface area (Å²) in [7, 11) is 1.83. The molecule has 2 aromatic rings. The summed E-state index contributed by atoms with van der Waals surface area (Å²) >= 11 is 0. The smallest absolute Gasteiger partial charge is 0.158 e. The van der Waals surface area contributed by atoms with Crippen LogP contribution in [-0.2, 0) is 17.9 Å². The van der Waals surface area contributed by atoms with Crippen LogP contribution < -0.4 is 10.6 Å². The van der Waals surface area contributed by atoms with Gasteiger partial charge in [0.1, 0.15) is 18.2 Å². The van der Waals surface area contributed by atoms with Gasteiger partial charge >= 0.3 is 0 Å². The Kier molecular flexibility index (Phi) is 4.74. The van der Waals surface area contributed by atoms with E-state index >= 15 is 0 Å². The topological polar surface area (TPSA) is 72.2 Å². The van der Waals surface area contributed by atoms with Crippen LogP contribution in [0, 0.1) is 0 Å². The number of ether oxygens (including phenoxy) is 1. The highest BCUT2D eigenvalue weighted by Gasteiger charge is 2.04. The van der Waals surface area contributed by atoms with Crippen molar-refractivity contribution in [2.75, 3.05) is 24.3 Å². The van der Waals surface area contributed by atoms with Gasteiger partial charge in [-0.1, -0.05) is 0 Å². The second-order valence-electron chi connectivity index (χ2n) is 3.93. The van der Waals surface area contributed by atoms with Crippen molar-refractivity contribution < 1.29 is 9.15 Å². The Morgan fingerprint density at radius 1 is 1.32 bits per heavy atom. The van der Waals surface area contributed by atoms with Gasteiger partial charge in [-0.3, -0.25) is 0 Å². The zero-order chi connectivity index (χ0) is 13.5. The lowest BCUT2D eigenvalue weighted by molar-refractivity contribution is 0.128. The van der Waals surface area contributed by atoms with Gasteiger partial charge in [0, 0.05) is 31.8 Å². The van der Waals surface area contributed by atoms with Crippen molar-refractivity contribution in [3.05, 3.63) is 36.0 Å². The van der Waals surface area contributed by atoms with Crippen molar-refractivity contribution >= 4 is 11.6 Å². The Bertz CT molecular complexity index is 499. The zero-order valence-corrected chi connectivity index (χ0v) is 11.1. The molecule has 0 saturated carbocycles. The molecule has 0 atom stereocenters. The summed E-state index contributed by atoms with van der Waals surface area (Å²) in [5, 5.41) is 6.24. The number of hydrogen-bond acceptors (Lipinski definition) is 6. The first kappa shape index (κ1) is 13.4. The van der Waals surface area contributed by atoms with Gasteiger partial charge < -0.3 is 19.8 Å². The number of aromatic nitrogens is 2. The number of furan rings is 1. The molecular weight excluding hydrogens is 244 g/mol. The molecule has 19 heavy (non-hydrogen) atoms. The Morgan fingerprint density at radius 2 is 2.16 bits per heavy atom. The van der Waals surface area contributed by atoms with Gasteiger partial charge in [0.15, 0.2) is 5.82 Å². The fourth-order valence-electron chi connectivity index (χ4n) is 1.56.